The molecule has 2 aromatic rings. The van der Waals surface area contributed by atoms with Crippen molar-refractivity contribution in [3.05, 3.63) is 96.5 Å². The zero-order chi connectivity index (χ0) is 29.2. The van der Waals surface area contributed by atoms with Gasteiger partial charge in [0.2, 0.25) is 0 Å². The molecule has 0 saturated heterocycles. The third kappa shape index (κ3) is 7.60. The van der Waals surface area contributed by atoms with E-state index in [1.165, 1.54) is 24.0 Å². The molecule has 0 heterocycles. The van der Waals surface area contributed by atoms with E-state index in [4.69, 9.17) is 9.47 Å². The minimum atomic E-state index is -1.34. The van der Waals surface area contributed by atoms with Crippen molar-refractivity contribution < 1.29 is 29.0 Å². The molecule has 0 saturated carbocycles. The Kier molecular flexibility index (Phi) is 11.1. The van der Waals surface area contributed by atoms with Crippen molar-refractivity contribution in [3.8, 4) is 0 Å². The van der Waals surface area contributed by atoms with Crippen molar-refractivity contribution >= 4 is 29.2 Å². The van der Waals surface area contributed by atoms with Crippen LogP contribution in [0.25, 0.3) is 0 Å². The van der Waals surface area contributed by atoms with Crippen LogP contribution in [0.15, 0.2) is 96.5 Å². The Morgan fingerprint density at radius 3 is 1.67 bits per heavy atom. The van der Waals surface area contributed by atoms with Crippen LogP contribution in [0.2, 0.25) is 0 Å². The van der Waals surface area contributed by atoms with Crippen molar-refractivity contribution in [1.82, 2.24) is 0 Å². The lowest BCUT2D eigenvalue weighted by Gasteiger charge is -2.37. The summed E-state index contributed by atoms with van der Waals surface area (Å²) in [5.41, 5.74) is 0.506. The summed E-state index contributed by atoms with van der Waals surface area (Å²) in [6.45, 7) is 12.3. The first kappa shape index (κ1) is 30.9. The third-order valence-electron chi connectivity index (χ3n) is 6.49. The maximum atomic E-state index is 13.4. The van der Waals surface area contributed by atoms with Crippen molar-refractivity contribution in [2.75, 3.05) is 37.1 Å². The number of amides is 2. The second-order valence-corrected chi connectivity index (χ2v) is 9.41. The van der Waals surface area contributed by atoms with Crippen LogP contribution in [-0.4, -0.2) is 45.1 Å². The normalized spacial score (nSPS) is 12.8. The highest BCUT2D eigenvalue weighted by molar-refractivity contribution is 6.06. The Morgan fingerprint density at radius 1 is 0.795 bits per heavy atom. The molecule has 207 valence electrons. The number of anilines is 2. The molecule has 2 amide bonds. The molecule has 0 aromatic heterocycles. The van der Waals surface area contributed by atoms with E-state index in [1.807, 2.05) is 12.1 Å². The lowest BCUT2D eigenvalue weighted by atomic mass is 9.78. The van der Waals surface area contributed by atoms with E-state index >= 15 is 0 Å². The first-order valence-electron chi connectivity index (χ1n) is 12.6. The van der Waals surface area contributed by atoms with E-state index in [0.29, 0.717) is 11.4 Å². The van der Waals surface area contributed by atoms with Crippen LogP contribution in [0.3, 0.4) is 0 Å². The van der Waals surface area contributed by atoms with Gasteiger partial charge in [0, 0.05) is 34.6 Å². The summed E-state index contributed by atoms with van der Waals surface area (Å²) in [5, 5.41) is 13.1. The van der Waals surface area contributed by atoms with Crippen LogP contribution in [0.5, 0.6) is 0 Å². The number of nitrogens with zero attached hydrogens (tertiary/aromatic N) is 2. The fourth-order valence-corrected chi connectivity index (χ4v) is 4.27. The zero-order valence-corrected chi connectivity index (χ0v) is 23.4. The number of carbonyl (C=O) groups is 3. The molecule has 0 aliphatic heterocycles. The van der Waals surface area contributed by atoms with Crippen LogP contribution < -0.4 is 9.80 Å². The number of hydrogen-bond acceptors (Lipinski definition) is 5. The first-order valence-corrected chi connectivity index (χ1v) is 12.6. The van der Waals surface area contributed by atoms with Gasteiger partial charge in [0.05, 0.1) is 26.2 Å². The summed E-state index contributed by atoms with van der Waals surface area (Å²) in [6.07, 6.45) is 0.106. The number of para-hydroxylation sites is 2. The smallest absolute Gasteiger partial charge is 0.331 e. The molecule has 1 radical (unpaired) electrons. The number of carbonyl (C=O) groups excluding carboxylic acids is 3. The Bertz CT molecular complexity index is 1220. The van der Waals surface area contributed by atoms with Crippen molar-refractivity contribution in [3.63, 3.8) is 0 Å². The van der Waals surface area contributed by atoms with Gasteiger partial charge < -0.3 is 19.3 Å². The highest BCUT2D eigenvalue weighted by Gasteiger charge is 2.43. The molecular weight excluding hydrogens is 496 g/mol. The molecule has 0 bridgehead atoms. The maximum absolute atomic E-state index is 13.4. The molecule has 8 nitrogen and oxygen atoms in total. The van der Waals surface area contributed by atoms with Gasteiger partial charge in [0.15, 0.2) is 0 Å². The van der Waals surface area contributed by atoms with E-state index in [1.54, 1.807) is 69.3 Å². The highest BCUT2D eigenvalue weighted by Crippen LogP contribution is 2.37. The number of ether oxygens (including phenoxy) is 2. The van der Waals surface area contributed by atoms with Crippen molar-refractivity contribution in [2.24, 2.45) is 5.41 Å². The average molecular weight is 534 g/mol. The summed E-state index contributed by atoms with van der Waals surface area (Å²) in [7, 11) is 2.50. The Balaban J connectivity index is 2.64. The molecule has 39 heavy (non-hydrogen) atoms. The van der Waals surface area contributed by atoms with Gasteiger partial charge in [-0.3, -0.25) is 14.4 Å². The maximum Gasteiger partial charge on any atom is 0.331 e. The SMILES string of the molecule is C=C(C)C(=O)N(CC(CC(CC)(CN(C(=O)C(=C)C)c1ccccc1)C(=O)OC)=C([O])OC)c1ccccc1. The van der Waals surface area contributed by atoms with Gasteiger partial charge in [-0.05, 0) is 51.0 Å². The van der Waals surface area contributed by atoms with E-state index in [9.17, 15) is 19.5 Å². The van der Waals surface area contributed by atoms with Crippen LogP contribution in [0.4, 0.5) is 11.4 Å². The van der Waals surface area contributed by atoms with Gasteiger partial charge in [-0.1, -0.05) is 56.5 Å². The molecular formula is C31H37N2O6. The van der Waals surface area contributed by atoms with Crippen molar-refractivity contribution in [1.29, 1.82) is 0 Å². The van der Waals surface area contributed by atoms with E-state index < -0.39 is 17.3 Å². The van der Waals surface area contributed by atoms with Gasteiger partial charge in [-0.15, -0.1) is 0 Å². The second-order valence-electron chi connectivity index (χ2n) is 9.41. The summed E-state index contributed by atoms with van der Waals surface area (Å²) in [4.78, 5) is 42.7. The average Bonchev–Trinajstić information content (AvgIpc) is 2.96. The van der Waals surface area contributed by atoms with E-state index in [0.717, 1.165) is 0 Å². The predicted octanol–water partition coefficient (Wildman–Crippen LogP) is 5.45. The first-order chi connectivity index (χ1) is 18.5. The summed E-state index contributed by atoms with van der Waals surface area (Å²) < 4.78 is 10.3. The molecule has 0 aliphatic carbocycles. The number of rotatable bonds is 13. The molecule has 1 unspecified atom stereocenters. The number of hydrogen-bond donors (Lipinski definition) is 0. The molecule has 0 aliphatic rings. The van der Waals surface area contributed by atoms with E-state index in [-0.39, 0.29) is 54.5 Å². The second kappa shape index (κ2) is 14.0. The van der Waals surface area contributed by atoms with Crippen LogP contribution >= 0.6 is 0 Å². The summed E-state index contributed by atoms with van der Waals surface area (Å²) >= 11 is 0. The van der Waals surface area contributed by atoms with Crippen LogP contribution in [-0.2, 0) is 29.0 Å². The minimum absolute atomic E-state index is 0.0911. The zero-order valence-electron chi connectivity index (χ0n) is 23.4. The fraction of sp³-hybridized carbons (Fsp3) is 0.323. The Morgan fingerprint density at radius 2 is 1.26 bits per heavy atom. The van der Waals surface area contributed by atoms with Gasteiger partial charge in [-0.25, -0.2) is 5.11 Å². The monoisotopic (exact) mass is 533 g/mol. The molecule has 0 fully saturated rings. The van der Waals surface area contributed by atoms with Crippen LogP contribution in [0, 0.1) is 5.41 Å². The molecule has 8 heteroatoms. The number of methoxy groups -OCH3 is 2. The number of esters is 1. The molecule has 2 aromatic carbocycles. The summed E-state index contributed by atoms with van der Waals surface area (Å²) in [5.74, 6) is -2.03. The van der Waals surface area contributed by atoms with Crippen molar-refractivity contribution in [2.45, 2.75) is 33.6 Å². The lowest BCUT2D eigenvalue weighted by Crippen LogP contribution is -2.47. The fourth-order valence-electron chi connectivity index (χ4n) is 4.27. The molecule has 2 rings (SSSR count). The Labute approximate surface area is 230 Å². The molecule has 0 spiro atoms. The predicted molar refractivity (Wildman–Crippen MR) is 151 cm³/mol. The lowest BCUT2D eigenvalue weighted by molar-refractivity contribution is -0.152. The number of benzene rings is 2. The van der Waals surface area contributed by atoms with Gasteiger partial charge >= 0.3 is 11.9 Å². The van der Waals surface area contributed by atoms with Gasteiger partial charge in [0.1, 0.15) is 0 Å². The third-order valence-corrected chi connectivity index (χ3v) is 6.49. The van der Waals surface area contributed by atoms with Crippen LogP contribution in [0.1, 0.15) is 33.6 Å². The minimum Gasteiger partial charge on any atom is -0.469 e. The molecule has 1 atom stereocenters. The molecule has 0 N–H and O–H groups in total. The van der Waals surface area contributed by atoms with Gasteiger partial charge in [0.25, 0.3) is 11.8 Å². The quantitative estimate of drug-likeness (QED) is 0.194. The van der Waals surface area contributed by atoms with E-state index in [2.05, 4.69) is 13.2 Å². The van der Waals surface area contributed by atoms with Gasteiger partial charge in [-0.2, -0.15) is 0 Å². The Hall–Kier alpha value is -4.33. The highest BCUT2D eigenvalue weighted by atomic mass is 16.6. The largest absolute Gasteiger partial charge is 0.469 e. The standard InChI is InChI=1S/C31H37N2O6/c1-8-31(30(37)39-7,21-33(28(35)23(4)5)26-17-13-10-14-18-26)19-24(29(36)38-6)20-32(27(34)22(2)3)25-15-11-9-12-16-25/h9-18H,2,4,8,19-21H2,1,3,5-7H3. The summed E-state index contributed by atoms with van der Waals surface area (Å²) in [6, 6.07) is 17.7. The topological polar surface area (TPSA) is 96.0 Å².